The molecule has 0 saturated heterocycles. The predicted octanol–water partition coefficient (Wildman–Crippen LogP) is 1.56. The summed E-state index contributed by atoms with van der Waals surface area (Å²) in [6.07, 6.45) is 0.852. The molecule has 29 heavy (non-hydrogen) atoms. The summed E-state index contributed by atoms with van der Waals surface area (Å²) in [6, 6.07) is 12.1. The Kier molecular flexibility index (Phi) is 4.97. The van der Waals surface area contributed by atoms with Gasteiger partial charge in [0.25, 0.3) is 5.56 Å². The zero-order valence-corrected chi connectivity index (χ0v) is 17.1. The van der Waals surface area contributed by atoms with E-state index in [-0.39, 0.29) is 29.8 Å². The van der Waals surface area contributed by atoms with Crippen LogP contribution in [-0.4, -0.2) is 32.9 Å². The van der Waals surface area contributed by atoms with E-state index in [0.29, 0.717) is 6.54 Å². The average Bonchev–Trinajstić information content (AvgIpc) is 3.20. The fourth-order valence-corrected chi connectivity index (χ4v) is 4.85. The first-order chi connectivity index (χ1) is 13.9. The van der Waals surface area contributed by atoms with Crippen LogP contribution in [0.4, 0.5) is 5.82 Å². The molecule has 0 amide bonds. The van der Waals surface area contributed by atoms with Crippen LogP contribution in [0.5, 0.6) is 0 Å². The highest BCUT2D eigenvalue weighted by Gasteiger charge is 2.32. The molecule has 0 saturated carbocycles. The van der Waals surface area contributed by atoms with Crippen molar-refractivity contribution in [3.05, 3.63) is 84.2 Å². The summed E-state index contributed by atoms with van der Waals surface area (Å²) in [5.41, 5.74) is 6.94. The fraction of sp³-hybridized carbons (Fsp3) is 0.286. The molecule has 1 atom stereocenters. The second-order valence-electron chi connectivity index (χ2n) is 7.22. The van der Waals surface area contributed by atoms with Crippen LogP contribution in [0.15, 0.2) is 51.4 Å². The van der Waals surface area contributed by atoms with E-state index in [0.717, 1.165) is 21.1 Å². The van der Waals surface area contributed by atoms with Crippen LogP contribution in [0, 0.1) is 0 Å². The Balaban J connectivity index is 1.74. The lowest BCUT2D eigenvalue weighted by Crippen LogP contribution is -2.44. The van der Waals surface area contributed by atoms with Crippen LogP contribution < -0.4 is 17.0 Å². The molecule has 4 rings (SSSR count). The number of benzene rings is 1. The van der Waals surface area contributed by atoms with E-state index in [1.807, 2.05) is 18.2 Å². The van der Waals surface area contributed by atoms with E-state index in [1.54, 1.807) is 11.3 Å². The first-order valence-corrected chi connectivity index (χ1v) is 10.2. The number of aromatic nitrogens is 2. The number of nitrogens with zero attached hydrogens (tertiary/aromatic N) is 3. The van der Waals surface area contributed by atoms with E-state index in [2.05, 4.69) is 28.5 Å². The quantitative estimate of drug-likeness (QED) is 0.659. The van der Waals surface area contributed by atoms with Crippen molar-refractivity contribution in [3.63, 3.8) is 0 Å². The molecule has 3 aromatic rings. The van der Waals surface area contributed by atoms with Gasteiger partial charge >= 0.3 is 5.69 Å². The lowest BCUT2D eigenvalue weighted by atomic mass is 9.93. The molecule has 0 aliphatic carbocycles. The SMILES string of the molecule is Cn1c(N)c(C(=O)CN2CCc3sccc3[C@H]2c2ccccc2)c(=O)n(C)c1=O. The van der Waals surface area contributed by atoms with Crippen LogP contribution in [0.2, 0.25) is 0 Å². The Morgan fingerprint density at radius 1 is 1.14 bits per heavy atom. The number of nitrogen functional groups attached to an aromatic ring is 1. The third-order valence-corrected chi connectivity index (χ3v) is 6.51. The second kappa shape index (κ2) is 7.46. The van der Waals surface area contributed by atoms with E-state index in [9.17, 15) is 14.4 Å². The number of anilines is 1. The van der Waals surface area contributed by atoms with Gasteiger partial charge in [0, 0.05) is 25.5 Å². The van der Waals surface area contributed by atoms with E-state index in [4.69, 9.17) is 5.73 Å². The summed E-state index contributed by atoms with van der Waals surface area (Å²) in [5.74, 6) is -0.467. The fourth-order valence-electron chi connectivity index (χ4n) is 3.95. The summed E-state index contributed by atoms with van der Waals surface area (Å²) in [6.45, 7) is 0.747. The van der Waals surface area contributed by atoms with Gasteiger partial charge in [0.05, 0.1) is 12.6 Å². The standard InChI is InChI=1S/C21H22N4O3S/c1-23-19(22)17(20(27)24(2)21(23)28)15(26)12-25-10-8-16-14(9-11-29-16)18(25)13-6-4-3-5-7-13/h3-7,9,11,18H,8,10,12,22H2,1-2H3/t18-/m1/s1. The van der Waals surface area contributed by atoms with Crippen LogP contribution in [0.3, 0.4) is 0 Å². The third-order valence-electron chi connectivity index (χ3n) is 5.52. The first-order valence-electron chi connectivity index (χ1n) is 9.34. The van der Waals surface area contributed by atoms with Crippen molar-refractivity contribution in [2.45, 2.75) is 12.5 Å². The Hall–Kier alpha value is -2.97. The molecule has 2 N–H and O–H groups in total. The highest BCUT2D eigenvalue weighted by molar-refractivity contribution is 7.10. The van der Waals surface area contributed by atoms with Crippen molar-refractivity contribution >= 4 is 22.9 Å². The highest BCUT2D eigenvalue weighted by atomic mass is 32.1. The summed E-state index contributed by atoms with van der Waals surface area (Å²) in [5, 5.41) is 2.08. The number of fused-ring (bicyclic) bond motifs is 1. The molecule has 0 spiro atoms. The molecule has 0 radical (unpaired) electrons. The average molecular weight is 410 g/mol. The summed E-state index contributed by atoms with van der Waals surface area (Å²) < 4.78 is 2.06. The van der Waals surface area contributed by atoms with Crippen molar-refractivity contribution in [1.82, 2.24) is 14.0 Å². The number of hydrogen-bond donors (Lipinski definition) is 1. The number of nitrogens with two attached hydrogens (primary N) is 1. The van der Waals surface area contributed by atoms with E-state index in [1.165, 1.54) is 24.5 Å². The van der Waals surface area contributed by atoms with Crippen LogP contribution >= 0.6 is 11.3 Å². The van der Waals surface area contributed by atoms with Gasteiger partial charge in [-0.15, -0.1) is 11.3 Å². The van der Waals surface area contributed by atoms with Gasteiger partial charge in [0.2, 0.25) is 0 Å². The third kappa shape index (κ3) is 3.24. The molecule has 1 aliphatic heterocycles. The second-order valence-corrected chi connectivity index (χ2v) is 8.22. The van der Waals surface area contributed by atoms with Crippen molar-refractivity contribution in [2.75, 3.05) is 18.8 Å². The number of thiophene rings is 1. The zero-order chi connectivity index (χ0) is 20.7. The first kappa shape index (κ1) is 19.4. The minimum atomic E-state index is -0.653. The molecular formula is C21H22N4O3S. The number of carbonyl (C=O) groups excluding carboxylic acids is 1. The molecule has 2 aromatic heterocycles. The zero-order valence-electron chi connectivity index (χ0n) is 16.3. The smallest absolute Gasteiger partial charge is 0.332 e. The molecule has 7 nitrogen and oxygen atoms in total. The number of rotatable bonds is 4. The Morgan fingerprint density at radius 3 is 2.59 bits per heavy atom. The maximum atomic E-state index is 13.1. The number of Topliss-reactive ketones (excluding diaryl/α,β-unsaturated/α-hetero) is 1. The number of ketones is 1. The van der Waals surface area contributed by atoms with Gasteiger partial charge in [-0.05, 0) is 29.0 Å². The Morgan fingerprint density at radius 2 is 1.86 bits per heavy atom. The Labute approximate surface area is 171 Å². The largest absolute Gasteiger partial charge is 0.384 e. The predicted molar refractivity (Wildman–Crippen MR) is 114 cm³/mol. The minimum Gasteiger partial charge on any atom is -0.384 e. The molecule has 0 bridgehead atoms. The maximum Gasteiger partial charge on any atom is 0.332 e. The Bertz CT molecular complexity index is 1190. The van der Waals surface area contributed by atoms with Gasteiger partial charge in [0.1, 0.15) is 11.4 Å². The number of carbonyl (C=O) groups is 1. The molecule has 150 valence electrons. The summed E-state index contributed by atoms with van der Waals surface area (Å²) in [7, 11) is 2.81. The lowest BCUT2D eigenvalue weighted by molar-refractivity contribution is 0.0900. The highest BCUT2D eigenvalue weighted by Crippen LogP contribution is 2.37. The van der Waals surface area contributed by atoms with Crippen LogP contribution in [0.1, 0.15) is 32.4 Å². The van der Waals surface area contributed by atoms with Crippen molar-refractivity contribution in [3.8, 4) is 0 Å². The lowest BCUT2D eigenvalue weighted by Gasteiger charge is -2.35. The molecule has 1 aliphatic rings. The monoisotopic (exact) mass is 410 g/mol. The molecule has 3 heterocycles. The summed E-state index contributed by atoms with van der Waals surface area (Å²) >= 11 is 1.73. The van der Waals surface area contributed by atoms with Gasteiger partial charge in [0.15, 0.2) is 5.78 Å². The topological polar surface area (TPSA) is 90.3 Å². The molecular weight excluding hydrogens is 388 g/mol. The van der Waals surface area contributed by atoms with Gasteiger partial charge in [-0.2, -0.15) is 0 Å². The van der Waals surface area contributed by atoms with Gasteiger partial charge in [-0.3, -0.25) is 23.6 Å². The maximum absolute atomic E-state index is 13.1. The van der Waals surface area contributed by atoms with Crippen molar-refractivity contribution in [2.24, 2.45) is 14.1 Å². The molecule has 0 fully saturated rings. The van der Waals surface area contributed by atoms with Gasteiger partial charge < -0.3 is 5.73 Å². The van der Waals surface area contributed by atoms with Gasteiger partial charge in [-0.25, -0.2) is 4.79 Å². The van der Waals surface area contributed by atoms with E-state index >= 15 is 0 Å². The van der Waals surface area contributed by atoms with Crippen molar-refractivity contribution < 1.29 is 4.79 Å². The molecule has 8 heteroatoms. The number of hydrogen-bond acceptors (Lipinski definition) is 6. The minimum absolute atomic E-state index is 0.0481. The van der Waals surface area contributed by atoms with Crippen molar-refractivity contribution in [1.29, 1.82) is 0 Å². The van der Waals surface area contributed by atoms with Crippen LogP contribution in [-0.2, 0) is 20.5 Å². The summed E-state index contributed by atoms with van der Waals surface area (Å²) in [4.78, 5) is 41.2. The van der Waals surface area contributed by atoms with E-state index < -0.39 is 11.2 Å². The molecule has 0 unspecified atom stereocenters. The van der Waals surface area contributed by atoms with Crippen LogP contribution in [0.25, 0.3) is 0 Å². The normalized spacial score (nSPS) is 16.6. The molecule has 1 aromatic carbocycles. The van der Waals surface area contributed by atoms with Gasteiger partial charge in [-0.1, -0.05) is 30.3 Å².